The standard InChI is InChI=1S/C17H14ClN5O2S/c1-3-23-9(2)11(8-19-23)12-7-14(25-22-12)16(24)21-17-20-13-6-10(18)4-5-15(13)26-17/h4-8H,3H2,1-2H3,(H,20,21,24). The van der Waals surface area contributed by atoms with Crippen LogP contribution in [0.4, 0.5) is 5.13 Å². The fourth-order valence-electron chi connectivity index (χ4n) is 2.64. The molecule has 9 heteroatoms. The molecular formula is C17H14ClN5O2S. The van der Waals surface area contributed by atoms with Crippen molar-refractivity contribution in [3.63, 3.8) is 0 Å². The molecular weight excluding hydrogens is 374 g/mol. The van der Waals surface area contributed by atoms with Crippen LogP contribution in [0.25, 0.3) is 21.5 Å². The van der Waals surface area contributed by atoms with Crippen LogP contribution in [0.15, 0.2) is 35.0 Å². The molecule has 0 aliphatic heterocycles. The van der Waals surface area contributed by atoms with Gasteiger partial charge in [0.15, 0.2) is 5.13 Å². The molecule has 26 heavy (non-hydrogen) atoms. The maximum atomic E-state index is 12.4. The fourth-order valence-corrected chi connectivity index (χ4v) is 3.65. The first-order valence-corrected chi connectivity index (χ1v) is 9.11. The highest BCUT2D eigenvalue weighted by Gasteiger charge is 2.18. The summed E-state index contributed by atoms with van der Waals surface area (Å²) in [5, 5.41) is 12.1. The maximum Gasteiger partial charge on any atom is 0.296 e. The van der Waals surface area contributed by atoms with Gasteiger partial charge in [0.1, 0.15) is 5.69 Å². The van der Waals surface area contributed by atoms with Crippen LogP contribution in [0.1, 0.15) is 23.2 Å². The van der Waals surface area contributed by atoms with Crippen LogP contribution < -0.4 is 5.32 Å². The van der Waals surface area contributed by atoms with Crippen molar-refractivity contribution in [2.45, 2.75) is 20.4 Å². The number of hydrogen-bond acceptors (Lipinski definition) is 6. The van der Waals surface area contributed by atoms with E-state index in [4.69, 9.17) is 16.1 Å². The van der Waals surface area contributed by atoms with E-state index in [2.05, 4.69) is 20.6 Å². The number of nitrogens with zero attached hydrogens (tertiary/aromatic N) is 4. The molecule has 1 N–H and O–H groups in total. The summed E-state index contributed by atoms with van der Waals surface area (Å²) in [5.41, 5.74) is 3.11. The molecule has 0 aliphatic carbocycles. The number of amides is 1. The number of aryl methyl sites for hydroxylation is 1. The molecule has 132 valence electrons. The zero-order valence-electron chi connectivity index (χ0n) is 14.0. The fraction of sp³-hybridized carbons (Fsp3) is 0.176. The molecule has 4 aromatic rings. The van der Waals surface area contributed by atoms with E-state index in [-0.39, 0.29) is 5.76 Å². The number of benzene rings is 1. The first-order valence-electron chi connectivity index (χ1n) is 7.92. The minimum absolute atomic E-state index is 0.112. The lowest BCUT2D eigenvalue weighted by Crippen LogP contribution is -2.10. The Balaban J connectivity index is 1.56. The Labute approximate surface area is 157 Å². The van der Waals surface area contributed by atoms with Gasteiger partial charge in [0.2, 0.25) is 5.76 Å². The number of thiazole rings is 1. The summed E-state index contributed by atoms with van der Waals surface area (Å²) >= 11 is 7.33. The van der Waals surface area contributed by atoms with E-state index in [9.17, 15) is 4.79 Å². The largest absolute Gasteiger partial charge is 0.350 e. The third-order valence-electron chi connectivity index (χ3n) is 3.98. The Morgan fingerprint density at radius 3 is 3.00 bits per heavy atom. The van der Waals surface area contributed by atoms with Crippen LogP contribution in [0.5, 0.6) is 0 Å². The summed E-state index contributed by atoms with van der Waals surface area (Å²) in [7, 11) is 0. The molecule has 1 amide bonds. The lowest BCUT2D eigenvalue weighted by atomic mass is 10.2. The van der Waals surface area contributed by atoms with Crippen molar-refractivity contribution in [1.29, 1.82) is 0 Å². The topological polar surface area (TPSA) is 85.8 Å². The molecule has 0 atom stereocenters. The number of aromatic nitrogens is 4. The van der Waals surface area contributed by atoms with Crippen LogP contribution in [0.2, 0.25) is 5.02 Å². The van der Waals surface area contributed by atoms with E-state index in [0.29, 0.717) is 15.8 Å². The van der Waals surface area contributed by atoms with Crippen molar-refractivity contribution in [2.75, 3.05) is 5.32 Å². The van der Waals surface area contributed by atoms with Gasteiger partial charge in [0.05, 0.1) is 16.4 Å². The molecule has 0 aliphatic rings. The Hall–Kier alpha value is -2.71. The number of fused-ring (bicyclic) bond motifs is 1. The number of anilines is 1. The van der Waals surface area contributed by atoms with Crippen molar-refractivity contribution >= 4 is 44.2 Å². The van der Waals surface area contributed by atoms with Crippen LogP contribution in [-0.4, -0.2) is 25.8 Å². The highest BCUT2D eigenvalue weighted by molar-refractivity contribution is 7.22. The second kappa shape index (κ2) is 6.54. The number of carbonyl (C=O) groups is 1. The smallest absolute Gasteiger partial charge is 0.296 e. The summed E-state index contributed by atoms with van der Waals surface area (Å²) in [6.45, 7) is 4.72. The highest BCUT2D eigenvalue weighted by atomic mass is 35.5. The monoisotopic (exact) mass is 387 g/mol. The van der Waals surface area contributed by atoms with Gasteiger partial charge in [0, 0.05) is 28.9 Å². The predicted octanol–water partition coefficient (Wildman–Crippen LogP) is 4.38. The highest BCUT2D eigenvalue weighted by Crippen LogP contribution is 2.29. The van der Waals surface area contributed by atoms with Crippen molar-refractivity contribution in [3.8, 4) is 11.3 Å². The van der Waals surface area contributed by atoms with Gasteiger partial charge in [0.25, 0.3) is 5.91 Å². The average molecular weight is 388 g/mol. The molecule has 1 aromatic carbocycles. The molecule has 0 radical (unpaired) electrons. The van der Waals surface area contributed by atoms with E-state index in [1.165, 1.54) is 11.3 Å². The molecule has 0 fully saturated rings. The summed E-state index contributed by atoms with van der Waals surface area (Å²) < 4.78 is 7.99. The summed E-state index contributed by atoms with van der Waals surface area (Å²) in [6, 6.07) is 7.01. The van der Waals surface area contributed by atoms with Gasteiger partial charge in [-0.3, -0.25) is 14.8 Å². The Bertz CT molecular complexity index is 1110. The second-order valence-electron chi connectivity index (χ2n) is 5.62. The summed E-state index contributed by atoms with van der Waals surface area (Å²) in [5.74, 6) is -0.296. The number of rotatable bonds is 4. The predicted molar refractivity (Wildman–Crippen MR) is 101 cm³/mol. The molecule has 3 aromatic heterocycles. The van der Waals surface area contributed by atoms with Gasteiger partial charge >= 0.3 is 0 Å². The van der Waals surface area contributed by atoms with E-state index in [1.54, 1.807) is 24.4 Å². The van der Waals surface area contributed by atoms with Gasteiger partial charge < -0.3 is 4.52 Å². The minimum atomic E-state index is -0.408. The van der Waals surface area contributed by atoms with E-state index in [1.807, 2.05) is 24.6 Å². The number of hydrogen-bond donors (Lipinski definition) is 1. The van der Waals surface area contributed by atoms with Gasteiger partial charge in [-0.25, -0.2) is 4.98 Å². The van der Waals surface area contributed by atoms with Crippen LogP contribution in [0.3, 0.4) is 0 Å². The molecule has 0 saturated heterocycles. The lowest BCUT2D eigenvalue weighted by molar-refractivity contribution is 0.0988. The first-order chi connectivity index (χ1) is 12.5. The van der Waals surface area contributed by atoms with Crippen LogP contribution in [-0.2, 0) is 6.54 Å². The SMILES string of the molecule is CCn1ncc(-c2cc(C(=O)Nc3nc4cc(Cl)ccc4s3)on2)c1C. The molecule has 0 bridgehead atoms. The molecule has 0 saturated carbocycles. The lowest BCUT2D eigenvalue weighted by Gasteiger charge is -1.98. The molecule has 0 unspecified atom stereocenters. The Kier molecular flexibility index (Phi) is 4.21. The van der Waals surface area contributed by atoms with Gasteiger partial charge in [-0.2, -0.15) is 5.10 Å². The zero-order valence-corrected chi connectivity index (χ0v) is 15.6. The third kappa shape index (κ3) is 2.97. The third-order valence-corrected chi connectivity index (χ3v) is 5.17. The van der Waals surface area contributed by atoms with Gasteiger partial charge in [-0.05, 0) is 32.0 Å². The molecule has 3 heterocycles. The van der Waals surface area contributed by atoms with Gasteiger partial charge in [-0.15, -0.1) is 0 Å². The van der Waals surface area contributed by atoms with Crippen molar-refractivity contribution in [2.24, 2.45) is 0 Å². The Morgan fingerprint density at radius 2 is 2.23 bits per heavy atom. The normalized spacial score (nSPS) is 11.2. The number of nitrogens with one attached hydrogen (secondary N) is 1. The maximum absolute atomic E-state index is 12.4. The van der Waals surface area contributed by atoms with Gasteiger partial charge in [-0.1, -0.05) is 28.1 Å². The number of halogens is 1. The molecule has 4 rings (SSSR count). The van der Waals surface area contributed by atoms with Crippen LogP contribution >= 0.6 is 22.9 Å². The number of carbonyl (C=O) groups excluding carboxylic acids is 1. The zero-order chi connectivity index (χ0) is 18.3. The summed E-state index contributed by atoms with van der Waals surface area (Å²) in [6.07, 6.45) is 1.72. The van der Waals surface area contributed by atoms with E-state index in [0.717, 1.165) is 28.0 Å². The Morgan fingerprint density at radius 1 is 1.38 bits per heavy atom. The molecule has 7 nitrogen and oxygen atoms in total. The van der Waals surface area contributed by atoms with Crippen molar-refractivity contribution in [1.82, 2.24) is 19.9 Å². The van der Waals surface area contributed by atoms with E-state index < -0.39 is 5.91 Å². The van der Waals surface area contributed by atoms with Crippen molar-refractivity contribution < 1.29 is 9.32 Å². The average Bonchev–Trinajstić information content (AvgIpc) is 3.31. The van der Waals surface area contributed by atoms with E-state index >= 15 is 0 Å². The minimum Gasteiger partial charge on any atom is -0.350 e. The molecule has 0 spiro atoms. The second-order valence-corrected chi connectivity index (χ2v) is 7.09. The first kappa shape index (κ1) is 16.7. The van der Waals surface area contributed by atoms with Crippen LogP contribution in [0, 0.1) is 6.92 Å². The van der Waals surface area contributed by atoms with Crippen molar-refractivity contribution in [3.05, 3.63) is 46.9 Å². The quantitative estimate of drug-likeness (QED) is 0.561. The summed E-state index contributed by atoms with van der Waals surface area (Å²) in [4.78, 5) is 16.8.